The molecule has 0 fully saturated rings. The fraction of sp³-hybridized carbons (Fsp3) is 0.545. The second kappa shape index (κ2) is 7.43. The molecule has 0 spiro atoms. The Bertz CT molecular complexity index is 272. The lowest BCUT2D eigenvalue weighted by Gasteiger charge is -2.03. The van der Waals surface area contributed by atoms with Crippen LogP contribution in [0.15, 0.2) is 17.5 Å². The van der Waals surface area contributed by atoms with E-state index in [2.05, 4.69) is 28.1 Å². The van der Waals surface area contributed by atoms with Crippen molar-refractivity contribution in [3.8, 4) is 0 Å². The molecule has 0 aromatic carbocycles. The molecule has 84 valence electrons. The zero-order valence-electron chi connectivity index (χ0n) is 9.08. The quantitative estimate of drug-likeness (QED) is 0.690. The van der Waals surface area contributed by atoms with Crippen LogP contribution in [0.3, 0.4) is 0 Å². The van der Waals surface area contributed by atoms with E-state index in [0.29, 0.717) is 13.0 Å². The van der Waals surface area contributed by atoms with Crippen LogP contribution in [0.4, 0.5) is 0 Å². The lowest BCUT2D eigenvalue weighted by Crippen LogP contribution is -2.28. The fourth-order valence-electron chi connectivity index (χ4n) is 1.28. The van der Waals surface area contributed by atoms with Gasteiger partial charge in [0.2, 0.25) is 5.91 Å². The third-order valence-electron chi connectivity index (χ3n) is 2.03. The molecule has 0 radical (unpaired) electrons. The Kier molecular flexibility index (Phi) is 6.04. The molecular weight excluding hydrogens is 208 g/mol. The van der Waals surface area contributed by atoms with Crippen LogP contribution < -0.4 is 10.6 Å². The molecule has 1 heterocycles. The maximum atomic E-state index is 11.1. The zero-order valence-corrected chi connectivity index (χ0v) is 9.90. The molecule has 1 aromatic rings. The van der Waals surface area contributed by atoms with Crippen molar-refractivity contribution >= 4 is 17.2 Å². The minimum atomic E-state index is 0.126. The molecule has 1 aromatic heterocycles. The maximum Gasteiger partial charge on any atom is 0.221 e. The molecule has 1 rings (SSSR count). The van der Waals surface area contributed by atoms with Crippen molar-refractivity contribution in [3.05, 3.63) is 22.4 Å². The highest BCUT2D eigenvalue weighted by Crippen LogP contribution is 2.07. The summed E-state index contributed by atoms with van der Waals surface area (Å²) < 4.78 is 0. The van der Waals surface area contributed by atoms with Gasteiger partial charge in [-0.05, 0) is 31.3 Å². The van der Waals surface area contributed by atoms with Gasteiger partial charge in [0.05, 0.1) is 0 Å². The summed E-state index contributed by atoms with van der Waals surface area (Å²) >= 11 is 1.78. The van der Waals surface area contributed by atoms with Gasteiger partial charge in [0.25, 0.3) is 0 Å². The molecule has 0 unspecified atom stereocenters. The Morgan fingerprint density at radius 2 is 2.33 bits per heavy atom. The molecule has 3 nitrogen and oxygen atoms in total. The van der Waals surface area contributed by atoms with E-state index in [4.69, 9.17) is 0 Å². The summed E-state index contributed by atoms with van der Waals surface area (Å²) in [5.74, 6) is 0.126. The van der Waals surface area contributed by atoms with Crippen LogP contribution in [0.5, 0.6) is 0 Å². The van der Waals surface area contributed by atoms with Gasteiger partial charge < -0.3 is 10.6 Å². The number of carbonyl (C=O) groups is 1. The third kappa shape index (κ3) is 5.54. The largest absolute Gasteiger partial charge is 0.356 e. The molecule has 1 amide bonds. The second-order valence-electron chi connectivity index (χ2n) is 3.28. The van der Waals surface area contributed by atoms with Crippen molar-refractivity contribution in [2.45, 2.75) is 19.8 Å². The summed E-state index contributed by atoms with van der Waals surface area (Å²) in [6, 6.07) is 4.20. The van der Waals surface area contributed by atoms with E-state index in [1.54, 1.807) is 11.3 Å². The van der Waals surface area contributed by atoms with Crippen LogP contribution >= 0.6 is 11.3 Å². The number of hydrogen-bond acceptors (Lipinski definition) is 3. The SMILES string of the molecule is CCNC(=O)CCNCCc1cccs1. The van der Waals surface area contributed by atoms with Gasteiger partial charge >= 0.3 is 0 Å². The van der Waals surface area contributed by atoms with Crippen LogP contribution in [-0.2, 0) is 11.2 Å². The fourth-order valence-corrected chi connectivity index (χ4v) is 1.99. The number of nitrogens with one attached hydrogen (secondary N) is 2. The lowest BCUT2D eigenvalue weighted by atomic mass is 10.3. The van der Waals surface area contributed by atoms with Crippen molar-refractivity contribution in [2.75, 3.05) is 19.6 Å². The van der Waals surface area contributed by atoms with Crippen molar-refractivity contribution < 1.29 is 4.79 Å². The van der Waals surface area contributed by atoms with E-state index in [1.807, 2.05) is 6.92 Å². The predicted molar refractivity (Wildman–Crippen MR) is 64.2 cm³/mol. The predicted octanol–water partition coefficient (Wildman–Crippen LogP) is 1.41. The van der Waals surface area contributed by atoms with E-state index in [0.717, 1.165) is 19.5 Å². The molecular formula is C11H18N2OS. The normalized spacial score (nSPS) is 10.2. The van der Waals surface area contributed by atoms with Crippen molar-refractivity contribution in [2.24, 2.45) is 0 Å². The highest BCUT2D eigenvalue weighted by Gasteiger charge is 1.98. The summed E-state index contributed by atoms with van der Waals surface area (Å²) in [6.45, 7) is 4.35. The first-order valence-corrected chi connectivity index (χ1v) is 6.20. The average molecular weight is 226 g/mol. The Balaban J connectivity index is 1.95. The standard InChI is InChI=1S/C11H18N2OS/c1-2-13-11(14)6-8-12-7-5-10-4-3-9-15-10/h3-4,9,12H,2,5-8H2,1H3,(H,13,14). The molecule has 0 aliphatic heterocycles. The number of carbonyl (C=O) groups excluding carboxylic acids is 1. The zero-order chi connectivity index (χ0) is 10.9. The lowest BCUT2D eigenvalue weighted by molar-refractivity contribution is -0.120. The maximum absolute atomic E-state index is 11.1. The number of thiophene rings is 1. The van der Waals surface area contributed by atoms with Crippen molar-refractivity contribution in [3.63, 3.8) is 0 Å². The van der Waals surface area contributed by atoms with Gasteiger partial charge in [-0.15, -0.1) is 11.3 Å². The van der Waals surface area contributed by atoms with E-state index in [-0.39, 0.29) is 5.91 Å². The van der Waals surface area contributed by atoms with Crippen LogP contribution in [0.25, 0.3) is 0 Å². The van der Waals surface area contributed by atoms with Crippen LogP contribution in [0.2, 0.25) is 0 Å². The molecule has 0 aliphatic carbocycles. The average Bonchev–Trinajstić information content (AvgIpc) is 2.70. The first-order valence-electron chi connectivity index (χ1n) is 5.32. The van der Waals surface area contributed by atoms with Gasteiger partial charge in [-0.3, -0.25) is 4.79 Å². The van der Waals surface area contributed by atoms with Gasteiger partial charge in [-0.25, -0.2) is 0 Å². The van der Waals surface area contributed by atoms with Crippen LogP contribution in [0, 0.1) is 0 Å². The molecule has 0 atom stereocenters. The summed E-state index contributed by atoms with van der Waals surface area (Å²) in [5.41, 5.74) is 0. The number of amides is 1. The van der Waals surface area contributed by atoms with Gasteiger partial charge in [0.1, 0.15) is 0 Å². The van der Waals surface area contributed by atoms with Crippen LogP contribution in [-0.4, -0.2) is 25.5 Å². The highest BCUT2D eigenvalue weighted by molar-refractivity contribution is 7.09. The molecule has 0 saturated carbocycles. The summed E-state index contributed by atoms with van der Waals surface area (Å²) in [7, 11) is 0. The van der Waals surface area contributed by atoms with Gasteiger partial charge in [-0.2, -0.15) is 0 Å². The van der Waals surface area contributed by atoms with E-state index >= 15 is 0 Å². The van der Waals surface area contributed by atoms with Gasteiger partial charge in [-0.1, -0.05) is 6.07 Å². The Hall–Kier alpha value is -0.870. The Morgan fingerprint density at radius 3 is 3.00 bits per heavy atom. The topological polar surface area (TPSA) is 41.1 Å². The van der Waals surface area contributed by atoms with E-state index < -0.39 is 0 Å². The molecule has 0 saturated heterocycles. The van der Waals surface area contributed by atoms with Crippen molar-refractivity contribution in [1.29, 1.82) is 0 Å². The van der Waals surface area contributed by atoms with E-state index in [1.165, 1.54) is 4.88 Å². The van der Waals surface area contributed by atoms with E-state index in [9.17, 15) is 4.79 Å². The number of rotatable bonds is 7. The van der Waals surface area contributed by atoms with Gasteiger partial charge in [0.15, 0.2) is 0 Å². The molecule has 15 heavy (non-hydrogen) atoms. The smallest absolute Gasteiger partial charge is 0.221 e. The minimum absolute atomic E-state index is 0.126. The number of hydrogen-bond donors (Lipinski definition) is 2. The molecule has 0 bridgehead atoms. The third-order valence-corrected chi connectivity index (χ3v) is 2.97. The molecule has 4 heteroatoms. The molecule has 0 aliphatic rings. The summed E-state index contributed by atoms with van der Waals surface area (Å²) in [6.07, 6.45) is 1.62. The summed E-state index contributed by atoms with van der Waals surface area (Å²) in [4.78, 5) is 12.5. The second-order valence-corrected chi connectivity index (χ2v) is 4.32. The highest BCUT2D eigenvalue weighted by atomic mass is 32.1. The first-order chi connectivity index (χ1) is 7.33. The molecule has 2 N–H and O–H groups in total. The van der Waals surface area contributed by atoms with Crippen LogP contribution in [0.1, 0.15) is 18.2 Å². The van der Waals surface area contributed by atoms with Gasteiger partial charge in [0, 0.05) is 24.4 Å². The monoisotopic (exact) mass is 226 g/mol. The van der Waals surface area contributed by atoms with Crippen molar-refractivity contribution in [1.82, 2.24) is 10.6 Å². The minimum Gasteiger partial charge on any atom is -0.356 e. The first kappa shape index (κ1) is 12.2. The Morgan fingerprint density at radius 1 is 1.47 bits per heavy atom. The Labute approximate surface area is 94.9 Å². The summed E-state index contributed by atoms with van der Waals surface area (Å²) in [5, 5.41) is 8.12.